The van der Waals surface area contributed by atoms with Gasteiger partial charge < -0.3 is 0 Å². The lowest BCUT2D eigenvalue weighted by molar-refractivity contribution is 0.151. The van der Waals surface area contributed by atoms with Crippen LogP contribution in [0.1, 0.15) is 622 Å². The first-order valence-electron chi connectivity index (χ1n) is 67.7. The Morgan fingerprint density at radius 3 is 0.403 bits per heavy atom. The van der Waals surface area contributed by atoms with Crippen LogP contribution in [-0.4, -0.2) is 0 Å². The average molecular weight is 1990 g/mol. The monoisotopic (exact) mass is 1990 g/mol. The van der Waals surface area contributed by atoms with E-state index in [1.54, 1.807) is 77.0 Å². The van der Waals surface area contributed by atoms with Crippen LogP contribution in [0.5, 0.6) is 0 Å². The molecule has 0 N–H and O–H groups in total. The molecule has 144 heavy (non-hydrogen) atoms. The van der Waals surface area contributed by atoms with Crippen LogP contribution in [0.2, 0.25) is 0 Å². The molecule has 0 aliphatic heterocycles. The van der Waals surface area contributed by atoms with Gasteiger partial charge in [-0.25, -0.2) is 0 Å². The summed E-state index contributed by atoms with van der Waals surface area (Å²) in [5.74, 6) is 32.8. The second-order valence-corrected chi connectivity index (χ2v) is 54.4. The van der Waals surface area contributed by atoms with Gasteiger partial charge >= 0.3 is 0 Å². The van der Waals surface area contributed by atoms with Crippen LogP contribution in [0.3, 0.4) is 0 Å². The minimum Gasteiger partial charge on any atom is -0.103 e. The topological polar surface area (TPSA) is 0 Å². The fourth-order valence-electron chi connectivity index (χ4n) is 34.7. The van der Waals surface area contributed by atoms with E-state index >= 15 is 0 Å². The van der Waals surface area contributed by atoms with E-state index in [-0.39, 0.29) is 0 Å². The van der Waals surface area contributed by atoms with E-state index in [1.807, 2.05) is 0 Å². The Morgan fingerprint density at radius 1 is 0.139 bits per heavy atom. The van der Waals surface area contributed by atoms with E-state index in [4.69, 9.17) is 0 Å². The van der Waals surface area contributed by atoms with Gasteiger partial charge in [0.05, 0.1) is 0 Å². The lowest BCUT2D eigenvalue weighted by Crippen LogP contribution is -2.25. The predicted octanol–water partition coefficient (Wildman–Crippen LogP) is 47.8. The number of hydrogen-bond donors (Lipinski definition) is 0. The third kappa shape index (κ3) is 47.7. The SMILES string of the molecule is C/C=C/C1CCC(C2CCC(CC)CC2)CC1.C/C=C/C1CCC(C2CCC(CCC)CC2)CC1.C/C=C/C1CCC(C2CCC(CCCC)CC2)CC1.C/C=C/C1CCC(C2CCC(CCCCC)CC2)CC1.C=CC1CCC(C2CCC(CC)CC2)CC1.C=CC1CCC(C2CCC(CCC)CC2)CC1.C=CC1CCC(C2CCC(CCCC)CC2)CC1.C=CC1CCC(C2CCC(CCCCC)CC2)CC1. The van der Waals surface area contributed by atoms with Gasteiger partial charge in [-0.05, 0) is 525 Å². The molecular weight excluding hydrogens is 1730 g/mol. The summed E-state index contributed by atoms with van der Waals surface area (Å²) in [6.07, 6.45) is 153. The van der Waals surface area contributed by atoms with E-state index in [0.29, 0.717) is 0 Å². The maximum absolute atomic E-state index is 3.97. The molecule has 0 heterocycles. The van der Waals surface area contributed by atoms with Crippen LogP contribution in [0, 0.1) is 189 Å². The number of hydrogen-bond acceptors (Lipinski definition) is 0. The summed E-state index contributed by atoms with van der Waals surface area (Å²) in [7, 11) is 0. The Hall–Kier alpha value is -2.08. The molecule has 0 aromatic rings. The van der Waals surface area contributed by atoms with Crippen LogP contribution in [0.25, 0.3) is 0 Å². The summed E-state index contributed by atoms with van der Waals surface area (Å²) in [6.45, 7) is 43.2. The van der Waals surface area contributed by atoms with Crippen molar-refractivity contribution in [3.05, 3.63) is 99.2 Å². The molecule has 16 saturated carbocycles. The molecule has 832 valence electrons. The number of allylic oxidation sites excluding steroid dienone is 12. The molecule has 0 atom stereocenters. The molecule has 0 heteroatoms. The molecule has 0 amide bonds. The highest BCUT2D eigenvalue weighted by molar-refractivity contribution is 4.99. The van der Waals surface area contributed by atoms with Crippen molar-refractivity contribution in [3.8, 4) is 0 Å². The zero-order chi connectivity index (χ0) is 102. The summed E-state index contributed by atoms with van der Waals surface area (Å²) in [6, 6.07) is 0. The summed E-state index contributed by atoms with van der Waals surface area (Å²) in [4.78, 5) is 0. The Labute approximate surface area is 904 Å². The molecule has 0 spiro atoms. The van der Waals surface area contributed by atoms with Crippen molar-refractivity contribution in [2.24, 2.45) is 189 Å². The molecule has 0 aromatic heterocycles. The molecule has 0 unspecified atom stereocenters. The lowest BCUT2D eigenvalue weighted by Gasteiger charge is -2.37. The first-order valence-corrected chi connectivity index (χ1v) is 67.7. The molecule has 0 nitrogen and oxygen atoms in total. The minimum atomic E-state index is 0.835. The molecule has 0 radical (unpaired) electrons. The molecular formula is C144H256. The van der Waals surface area contributed by atoms with Gasteiger partial charge in [-0.3, -0.25) is 0 Å². The largest absolute Gasteiger partial charge is 0.103 e. The third-order valence-corrected chi connectivity index (χ3v) is 45.1. The van der Waals surface area contributed by atoms with Crippen molar-refractivity contribution in [2.75, 3.05) is 0 Å². The highest BCUT2D eigenvalue weighted by atomic mass is 14.4. The van der Waals surface area contributed by atoms with Gasteiger partial charge in [0.15, 0.2) is 0 Å². The lowest BCUT2D eigenvalue weighted by atomic mass is 9.68. The first-order chi connectivity index (χ1) is 70.6. The van der Waals surface area contributed by atoms with Crippen molar-refractivity contribution in [1.29, 1.82) is 0 Å². The van der Waals surface area contributed by atoms with Crippen LogP contribution in [0.15, 0.2) is 99.2 Å². The van der Waals surface area contributed by atoms with Gasteiger partial charge in [-0.1, -0.05) is 359 Å². The smallest absolute Gasteiger partial charge is 0.0233 e. The highest BCUT2D eigenvalue weighted by Crippen LogP contribution is 2.52. The summed E-state index contributed by atoms with van der Waals surface area (Å²) in [5, 5.41) is 0. The minimum absolute atomic E-state index is 0.835. The Bertz CT molecular complexity index is 3120. The van der Waals surface area contributed by atoms with Crippen molar-refractivity contribution in [2.45, 2.75) is 622 Å². The van der Waals surface area contributed by atoms with E-state index in [1.165, 1.54) is 462 Å². The van der Waals surface area contributed by atoms with Gasteiger partial charge in [0.25, 0.3) is 0 Å². The average Bonchev–Trinajstić information content (AvgIpc) is 1.16. The van der Waals surface area contributed by atoms with Crippen molar-refractivity contribution >= 4 is 0 Å². The molecule has 0 bridgehead atoms. The standard InChI is InChI=1S/C20H36.2C19H34.2C18H32.2C17H30.C16H28/c1-3-5-6-8-18-11-15-20(16-12-18)19-13-9-17(7-4-2)10-14-19;1-3-5-6-7-17-10-14-19(15-11-17)18-12-8-16(4-2)9-13-18;1-3-5-7-17-10-14-19(15-11-17)18-12-8-16(6-4-2)9-13-18;1-3-5-6-16-9-13-18(14-10-16)17-11-7-15(4-2)8-12-17;1-3-5-15-7-11-17(12-8-15)18-13-9-16(6-4-2)10-14-18;2*1-3-5-15-8-12-17(13-9-15)16-10-6-14(4-2)7-11-16;1-3-13-5-9-15(10-6-13)16-11-7-14(4-2)8-12-16/h4,7,17-20H,3,5-6,8-16H2,1-2H3;4,16-19H,2-3,5-15H2,1H3;4,6,16-19H,3,5,7-15H2,1-2H3;4,15-18H,2-3,5-14H2,1H3;3,5,15-18H,4,6-14H2,1-2H3;3,5,14-17H,4,6-13H2,1-2H3;4,14-17H,2-3,5-13H2,1H3;3,13-16H,1,4-12H2,2H3/b7-4+;;6-4+;;2*5-3+;;. The van der Waals surface area contributed by atoms with Crippen molar-refractivity contribution in [1.82, 2.24) is 0 Å². The van der Waals surface area contributed by atoms with E-state index in [9.17, 15) is 0 Å². The normalized spacial score (nSPS) is 37.8. The van der Waals surface area contributed by atoms with Crippen LogP contribution in [0.4, 0.5) is 0 Å². The van der Waals surface area contributed by atoms with Gasteiger partial charge in [-0.2, -0.15) is 0 Å². The molecule has 16 rings (SSSR count). The van der Waals surface area contributed by atoms with Crippen LogP contribution >= 0.6 is 0 Å². The zero-order valence-electron chi connectivity index (χ0n) is 99.6. The second-order valence-electron chi connectivity index (χ2n) is 54.4. The molecule has 16 aliphatic rings. The van der Waals surface area contributed by atoms with E-state index < -0.39 is 0 Å². The van der Waals surface area contributed by atoms with Gasteiger partial charge in [0.1, 0.15) is 0 Å². The first kappa shape index (κ1) is 125. The Morgan fingerprint density at radius 2 is 0.271 bits per heavy atom. The maximum Gasteiger partial charge on any atom is -0.0233 e. The molecule has 0 saturated heterocycles. The molecule has 0 aromatic carbocycles. The summed E-state index contributed by atoms with van der Waals surface area (Å²) >= 11 is 0. The van der Waals surface area contributed by atoms with Gasteiger partial charge in [-0.15, -0.1) is 26.3 Å². The van der Waals surface area contributed by atoms with E-state index in [0.717, 1.165) is 189 Å². The van der Waals surface area contributed by atoms with Gasteiger partial charge in [0, 0.05) is 0 Å². The van der Waals surface area contributed by atoms with Gasteiger partial charge in [0.2, 0.25) is 0 Å². The molecule has 16 fully saturated rings. The highest BCUT2D eigenvalue weighted by Gasteiger charge is 2.39. The summed E-state index contributed by atoms with van der Waals surface area (Å²) in [5.41, 5.74) is 0. The quantitative estimate of drug-likeness (QED) is 0.0433. The summed E-state index contributed by atoms with van der Waals surface area (Å²) < 4.78 is 0. The van der Waals surface area contributed by atoms with Crippen LogP contribution < -0.4 is 0 Å². The number of unbranched alkanes of at least 4 members (excludes halogenated alkanes) is 6. The molecule has 16 aliphatic carbocycles. The third-order valence-electron chi connectivity index (χ3n) is 45.1. The zero-order valence-corrected chi connectivity index (χ0v) is 99.6. The Kier molecular flexibility index (Phi) is 66.6. The van der Waals surface area contributed by atoms with Crippen LogP contribution in [-0.2, 0) is 0 Å². The van der Waals surface area contributed by atoms with Crippen molar-refractivity contribution < 1.29 is 0 Å². The predicted molar refractivity (Wildman–Crippen MR) is 645 cm³/mol. The van der Waals surface area contributed by atoms with Crippen molar-refractivity contribution in [3.63, 3.8) is 0 Å². The van der Waals surface area contributed by atoms with E-state index in [2.05, 4.69) is 182 Å². The maximum atomic E-state index is 3.97. The Balaban J connectivity index is 0.000000183. The second kappa shape index (κ2) is 76.5. The number of rotatable bonds is 36. The fraction of sp³-hybridized carbons (Fsp3) is 0.889. The fourth-order valence-corrected chi connectivity index (χ4v) is 34.7.